The number of aromatic nitrogens is 2. The molecule has 19 heavy (non-hydrogen) atoms. The molecule has 1 aromatic rings. The molecule has 0 saturated carbocycles. The van der Waals surface area contributed by atoms with Crippen LogP contribution in [0.4, 0.5) is 0 Å². The molecule has 1 aromatic heterocycles. The van der Waals surface area contributed by atoms with Crippen LogP contribution in [0.3, 0.4) is 0 Å². The van der Waals surface area contributed by atoms with Crippen molar-refractivity contribution >= 4 is 0 Å². The minimum Gasteiger partial charge on any atom is -0.385 e. The first-order valence-corrected chi connectivity index (χ1v) is 7.55. The molecule has 1 N–H and O–H groups in total. The van der Waals surface area contributed by atoms with Gasteiger partial charge in [-0.3, -0.25) is 4.68 Å². The molecule has 0 saturated heterocycles. The number of hydrogen-bond acceptors (Lipinski definition) is 3. The van der Waals surface area contributed by atoms with E-state index in [9.17, 15) is 0 Å². The van der Waals surface area contributed by atoms with Crippen LogP contribution in [-0.2, 0) is 30.7 Å². The Hall–Kier alpha value is -0.870. The maximum Gasteiger partial charge on any atom is 0.0669 e. The lowest BCUT2D eigenvalue weighted by Crippen LogP contribution is -2.16. The van der Waals surface area contributed by atoms with Crippen LogP contribution in [0.5, 0.6) is 0 Å². The third-order valence-electron chi connectivity index (χ3n) is 3.37. The molecule has 0 unspecified atom stereocenters. The van der Waals surface area contributed by atoms with Gasteiger partial charge in [-0.2, -0.15) is 5.10 Å². The molecule has 0 atom stereocenters. The van der Waals surface area contributed by atoms with Gasteiger partial charge in [0.25, 0.3) is 0 Å². The summed E-state index contributed by atoms with van der Waals surface area (Å²) in [5.41, 5.74) is 4.05. The Bertz CT molecular complexity index is 361. The zero-order chi connectivity index (χ0) is 14.1. The summed E-state index contributed by atoms with van der Waals surface area (Å²) in [4.78, 5) is 0. The van der Waals surface area contributed by atoms with Gasteiger partial charge in [0, 0.05) is 38.1 Å². The van der Waals surface area contributed by atoms with Crippen LogP contribution in [0.25, 0.3) is 0 Å². The predicted molar refractivity (Wildman–Crippen MR) is 79.5 cm³/mol. The smallest absolute Gasteiger partial charge is 0.0669 e. The van der Waals surface area contributed by atoms with Crippen molar-refractivity contribution in [1.82, 2.24) is 15.1 Å². The van der Waals surface area contributed by atoms with E-state index in [1.165, 1.54) is 23.4 Å². The molecule has 4 heteroatoms. The SMILES string of the molecule is CCCNCc1c(CC)nn(CCCOC)c1CC. The highest BCUT2D eigenvalue weighted by Crippen LogP contribution is 2.16. The second-order valence-electron chi connectivity index (χ2n) is 4.83. The van der Waals surface area contributed by atoms with Crippen molar-refractivity contribution in [1.29, 1.82) is 0 Å². The molecule has 0 bridgehead atoms. The van der Waals surface area contributed by atoms with Gasteiger partial charge < -0.3 is 10.1 Å². The average Bonchev–Trinajstić information content (AvgIpc) is 2.76. The van der Waals surface area contributed by atoms with Crippen LogP contribution in [0, 0.1) is 0 Å². The number of ether oxygens (including phenoxy) is 1. The first kappa shape index (κ1) is 16.2. The molecule has 0 aliphatic rings. The summed E-state index contributed by atoms with van der Waals surface area (Å²) in [5.74, 6) is 0. The number of methoxy groups -OCH3 is 1. The summed E-state index contributed by atoms with van der Waals surface area (Å²) >= 11 is 0. The molecule has 1 heterocycles. The number of aryl methyl sites for hydroxylation is 2. The van der Waals surface area contributed by atoms with Crippen LogP contribution in [0.2, 0.25) is 0 Å². The van der Waals surface area contributed by atoms with Crippen LogP contribution < -0.4 is 5.32 Å². The normalized spacial score (nSPS) is 11.2. The lowest BCUT2D eigenvalue weighted by molar-refractivity contribution is 0.188. The molecule has 0 amide bonds. The minimum atomic E-state index is 0.799. The lowest BCUT2D eigenvalue weighted by Gasteiger charge is -2.08. The highest BCUT2D eigenvalue weighted by molar-refractivity contribution is 5.26. The quantitative estimate of drug-likeness (QED) is 0.662. The van der Waals surface area contributed by atoms with Crippen LogP contribution in [0.1, 0.15) is 50.6 Å². The molecule has 0 spiro atoms. The Balaban J connectivity index is 2.80. The molecular weight excluding hydrogens is 238 g/mol. The summed E-state index contributed by atoms with van der Waals surface area (Å²) in [7, 11) is 1.75. The zero-order valence-corrected chi connectivity index (χ0v) is 13.0. The zero-order valence-electron chi connectivity index (χ0n) is 13.0. The molecule has 110 valence electrons. The minimum absolute atomic E-state index is 0.799. The van der Waals surface area contributed by atoms with E-state index in [0.717, 1.165) is 45.5 Å². The molecule has 0 radical (unpaired) electrons. The van der Waals surface area contributed by atoms with Crippen molar-refractivity contribution in [2.75, 3.05) is 20.3 Å². The predicted octanol–water partition coefficient (Wildman–Crippen LogP) is 2.54. The largest absolute Gasteiger partial charge is 0.385 e. The number of nitrogens with one attached hydrogen (secondary N) is 1. The van der Waals surface area contributed by atoms with Crippen molar-refractivity contribution < 1.29 is 4.74 Å². The summed E-state index contributed by atoms with van der Waals surface area (Å²) in [5, 5.41) is 8.27. The van der Waals surface area contributed by atoms with Gasteiger partial charge in [0.05, 0.1) is 5.69 Å². The van der Waals surface area contributed by atoms with E-state index >= 15 is 0 Å². The van der Waals surface area contributed by atoms with E-state index in [0.29, 0.717) is 0 Å². The van der Waals surface area contributed by atoms with Crippen molar-refractivity contribution in [3.8, 4) is 0 Å². The van der Waals surface area contributed by atoms with E-state index in [4.69, 9.17) is 9.84 Å². The van der Waals surface area contributed by atoms with Gasteiger partial charge in [-0.05, 0) is 32.2 Å². The molecule has 0 aliphatic heterocycles. The van der Waals surface area contributed by atoms with Gasteiger partial charge in [-0.1, -0.05) is 20.8 Å². The fraction of sp³-hybridized carbons (Fsp3) is 0.800. The second kappa shape index (κ2) is 9.10. The van der Waals surface area contributed by atoms with Gasteiger partial charge in [0.15, 0.2) is 0 Å². The molecule has 4 nitrogen and oxygen atoms in total. The molecule has 0 aliphatic carbocycles. The maximum atomic E-state index is 5.13. The molecule has 0 aromatic carbocycles. The first-order chi connectivity index (χ1) is 9.28. The Morgan fingerprint density at radius 3 is 2.58 bits per heavy atom. The monoisotopic (exact) mass is 267 g/mol. The third kappa shape index (κ3) is 4.62. The van der Waals surface area contributed by atoms with Gasteiger partial charge in [-0.25, -0.2) is 0 Å². The summed E-state index contributed by atoms with van der Waals surface area (Å²) in [6.07, 6.45) is 4.25. The van der Waals surface area contributed by atoms with E-state index in [1.54, 1.807) is 7.11 Å². The Morgan fingerprint density at radius 2 is 2.00 bits per heavy atom. The Kier molecular flexibility index (Phi) is 7.75. The van der Waals surface area contributed by atoms with Crippen molar-refractivity contribution in [2.45, 2.75) is 59.5 Å². The third-order valence-corrected chi connectivity index (χ3v) is 3.37. The lowest BCUT2D eigenvalue weighted by atomic mass is 10.1. The Morgan fingerprint density at radius 1 is 1.21 bits per heavy atom. The molecule has 0 fully saturated rings. The van der Waals surface area contributed by atoms with E-state index in [1.807, 2.05) is 0 Å². The summed E-state index contributed by atoms with van der Waals surface area (Å²) in [6, 6.07) is 0. The summed E-state index contributed by atoms with van der Waals surface area (Å²) < 4.78 is 7.31. The number of rotatable bonds is 10. The fourth-order valence-corrected chi connectivity index (χ4v) is 2.41. The van der Waals surface area contributed by atoms with Crippen LogP contribution >= 0.6 is 0 Å². The van der Waals surface area contributed by atoms with Crippen LogP contribution in [-0.4, -0.2) is 30.0 Å². The van der Waals surface area contributed by atoms with Crippen molar-refractivity contribution in [2.24, 2.45) is 0 Å². The van der Waals surface area contributed by atoms with Gasteiger partial charge in [-0.15, -0.1) is 0 Å². The van der Waals surface area contributed by atoms with E-state index in [2.05, 4.69) is 30.8 Å². The number of hydrogen-bond donors (Lipinski definition) is 1. The van der Waals surface area contributed by atoms with Crippen molar-refractivity contribution in [3.63, 3.8) is 0 Å². The second-order valence-corrected chi connectivity index (χ2v) is 4.83. The highest BCUT2D eigenvalue weighted by atomic mass is 16.5. The van der Waals surface area contributed by atoms with Gasteiger partial charge >= 0.3 is 0 Å². The first-order valence-electron chi connectivity index (χ1n) is 7.55. The van der Waals surface area contributed by atoms with Crippen molar-refractivity contribution in [3.05, 3.63) is 17.0 Å². The fourth-order valence-electron chi connectivity index (χ4n) is 2.41. The van der Waals surface area contributed by atoms with Crippen LogP contribution in [0.15, 0.2) is 0 Å². The molecular formula is C15H29N3O. The molecule has 1 rings (SSSR count). The maximum absolute atomic E-state index is 5.13. The standard InChI is InChI=1S/C15H29N3O/c1-5-9-16-12-13-14(6-2)17-18(15(13)7-3)10-8-11-19-4/h16H,5-12H2,1-4H3. The summed E-state index contributed by atoms with van der Waals surface area (Å²) in [6.45, 7) is 10.4. The topological polar surface area (TPSA) is 39.1 Å². The van der Waals surface area contributed by atoms with Gasteiger partial charge in [0.2, 0.25) is 0 Å². The average molecular weight is 267 g/mol. The Labute approximate surface area is 117 Å². The van der Waals surface area contributed by atoms with Gasteiger partial charge in [0.1, 0.15) is 0 Å². The van der Waals surface area contributed by atoms with E-state index < -0.39 is 0 Å². The van der Waals surface area contributed by atoms with E-state index in [-0.39, 0.29) is 0 Å². The highest BCUT2D eigenvalue weighted by Gasteiger charge is 2.14. The number of nitrogens with zero attached hydrogens (tertiary/aromatic N) is 2.